The third kappa shape index (κ3) is 2.69. The van der Waals surface area contributed by atoms with Crippen LogP contribution in [0.5, 0.6) is 11.5 Å². The molecule has 2 N–H and O–H groups in total. The highest BCUT2D eigenvalue weighted by Gasteiger charge is 2.62. The second kappa shape index (κ2) is 6.35. The molecule has 4 rings (SSSR count). The van der Waals surface area contributed by atoms with E-state index >= 15 is 0 Å². The van der Waals surface area contributed by atoms with E-state index in [9.17, 15) is 14.4 Å². The van der Waals surface area contributed by atoms with Gasteiger partial charge >= 0.3 is 7.60 Å². The number of likely N-dealkylation sites (N-methyl/N-ethyl adjacent to an activating group) is 1. The number of likely N-dealkylation sites (tertiary alicyclic amines) is 1. The molecule has 0 radical (unpaired) electrons. The zero-order valence-corrected chi connectivity index (χ0v) is 17.0. The van der Waals surface area contributed by atoms with E-state index in [2.05, 4.69) is 31.5 Å². The molecule has 1 saturated heterocycles. The Hall–Kier alpha value is -1.33. The number of fused-ring (bicyclic) bond motifs is 1. The summed E-state index contributed by atoms with van der Waals surface area (Å²) in [7, 11) is -0.406. The van der Waals surface area contributed by atoms with Crippen LogP contribution in [-0.2, 0) is 16.4 Å². The van der Waals surface area contributed by atoms with Gasteiger partial charge in [0.2, 0.25) is 0 Å². The maximum atomic E-state index is 11.8. The Kier molecular flexibility index (Phi) is 4.47. The number of rotatable bonds is 5. The highest BCUT2D eigenvalue weighted by atomic mass is 31.2. The Morgan fingerprint density at radius 3 is 2.89 bits per heavy atom. The second-order valence-electron chi connectivity index (χ2n) is 8.25. The molecule has 1 aromatic rings. The average molecular weight is 393 g/mol. The maximum absolute atomic E-state index is 11.8. The lowest BCUT2D eigenvalue weighted by Crippen LogP contribution is -2.62. The van der Waals surface area contributed by atoms with Gasteiger partial charge in [-0.1, -0.05) is 19.1 Å². The molecule has 1 spiro atoms. The van der Waals surface area contributed by atoms with Crippen molar-refractivity contribution in [2.24, 2.45) is 11.8 Å². The molecule has 1 aromatic carbocycles. The van der Waals surface area contributed by atoms with Crippen molar-refractivity contribution in [2.75, 3.05) is 26.9 Å². The van der Waals surface area contributed by atoms with Crippen LogP contribution in [0.3, 0.4) is 0 Å². The Morgan fingerprint density at radius 2 is 2.26 bits per heavy atom. The molecule has 5 atom stereocenters. The molecule has 0 unspecified atom stereocenters. The minimum Gasteiger partial charge on any atom is -0.493 e. The summed E-state index contributed by atoms with van der Waals surface area (Å²) in [4.78, 5) is 21.7. The van der Waals surface area contributed by atoms with E-state index in [1.807, 2.05) is 6.07 Å². The summed E-state index contributed by atoms with van der Waals surface area (Å²) in [6, 6.07) is 4.46. The van der Waals surface area contributed by atoms with Crippen LogP contribution >= 0.6 is 7.60 Å². The lowest BCUT2D eigenvalue weighted by atomic mass is 9.55. The lowest BCUT2D eigenvalue weighted by molar-refractivity contribution is -0.0181. The number of benzene rings is 1. The largest absolute Gasteiger partial charge is 0.493 e. The van der Waals surface area contributed by atoms with Crippen molar-refractivity contribution in [3.8, 4) is 11.5 Å². The van der Waals surface area contributed by atoms with Gasteiger partial charge in [-0.25, -0.2) is 0 Å². The number of nitrogens with zero attached hydrogens (tertiary/aromatic N) is 1. The molecule has 0 saturated carbocycles. The van der Waals surface area contributed by atoms with E-state index in [0.717, 1.165) is 25.1 Å². The van der Waals surface area contributed by atoms with Crippen LogP contribution in [0.15, 0.2) is 24.8 Å². The summed E-state index contributed by atoms with van der Waals surface area (Å²) < 4.78 is 23.8. The van der Waals surface area contributed by atoms with Crippen molar-refractivity contribution in [3.63, 3.8) is 0 Å². The van der Waals surface area contributed by atoms with Gasteiger partial charge < -0.3 is 24.2 Å². The van der Waals surface area contributed by atoms with Crippen LogP contribution in [0.1, 0.15) is 24.5 Å². The molecular weight excluding hydrogens is 365 g/mol. The summed E-state index contributed by atoms with van der Waals surface area (Å²) in [5.41, 5.74) is 2.19. The van der Waals surface area contributed by atoms with Gasteiger partial charge in [0.05, 0.1) is 13.3 Å². The first kappa shape index (κ1) is 19.0. The molecule has 2 heterocycles. The Morgan fingerprint density at radius 1 is 1.52 bits per heavy atom. The van der Waals surface area contributed by atoms with E-state index < -0.39 is 13.5 Å². The fourth-order valence-corrected chi connectivity index (χ4v) is 6.66. The summed E-state index contributed by atoms with van der Waals surface area (Å²) in [6.07, 6.45) is 2.91. The minimum absolute atomic E-state index is 0.248. The Balaban J connectivity index is 1.90. The van der Waals surface area contributed by atoms with Crippen molar-refractivity contribution >= 4 is 7.60 Å². The number of methoxy groups -OCH3 is 1. The van der Waals surface area contributed by atoms with Crippen molar-refractivity contribution < 1.29 is 23.8 Å². The summed E-state index contributed by atoms with van der Waals surface area (Å²) in [5, 5.41) is 0. The predicted octanol–water partition coefficient (Wildman–Crippen LogP) is 2.57. The molecule has 1 aliphatic carbocycles. The fraction of sp³-hybridized carbons (Fsp3) is 0.600. The smallest absolute Gasteiger partial charge is 0.326 e. The number of hydrogen-bond acceptors (Lipinski definition) is 4. The van der Waals surface area contributed by atoms with Gasteiger partial charge in [-0.15, -0.1) is 6.58 Å². The molecule has 0 aromatic heterocycles. The first-order valence-corrected chi connectivity index (χ1v) is 11.3. The van der Waals surface area contributed by atoms with Crippen molar-refractivity contribution in [1.82, 2.24) is 4.90 Å². The fourth-order valence-electron chi connectivity index (χ4n) is 5.77. The maximum Gasteiger partial charge on any atom is 0.326 e. The highest BCUT2D eigenvalue weighted by molar-refractivity contribution is 7.51. The molecule has 2 bridgehead atoms. The number of piperidine rings is 1. The van der Waals surface area contributed by atoms with Gasteiger partial charge in [0.25, 0.3) is 0 Å². The van der Waals surface area contributed by atoms with Crippen LogP contribution < -0.4 is 9.47 Å². The van der Waals surface area contributed by atoms with Gasteiger partial charge in [0, 0.05) is 22.9 Å². The van der Waals surface area contributed by atoms with Crippen molar-refractivity contribution in [1.29, 1.82) is 0 Å². The molecule has 2 aliphatic heterocycles. The third-order valence-corrected chi connectivity index (χ3v) is 7.95. The van der Waals surface area contributed by atoms with Crippen LogP contribution in [0.2, 0.25) is 0 Å². The molecule has 0 amide bonds. The molecule has 7 heteroatoms. The van der Waals surface area contributed by atoms with Gasteiger partial charge in [-0.3, -0.25) is 4.57 Å². The van der Waals surface area contributed by atoms with Gasteiger partial charge in [0.1, 0.15) is 6.10 Å². The zero-order valence-electron chi connectivity index (χ0n) is 16.1. The molecule has 148 valence electrons. The zero-order chi connectivity index (χ0) is 19.6. The van der Waals surface area contributed by atoms with Gasteiger partial charge in [-0.2, -0.15) is 0 Å². The van der Waals surface area contributed by atoms with Crippen LogP contribution in [0.4, 0.5) is 0 Å². The number of ether oxygens (including phenoxy) is 2. The molecule has 3 aliphatic rings. The first-order chi connectivity index (χ1) is 12.7. The van der Waals surface area contributed by atoms with Gasteiger partial charge in [-0.05, 0) is 44.0 Å². The summed E-state index contributed by atoms with van der Waals surface area (Å²) in [6.45, 7) is 7.07. The summed E-state index contributed by atoms with van der Waals surface area (Å²) >= 11 is 0. The average Bonchev–Trinajstić information content (AvgIpc) is 2.95. The SMILES string of the molecule is C=C[C@H](CP(=O)(O)O)[C@@H]1Oc2c(OC)ccc3c2[C@@]12CCN(C)[C@H](C3)[C@@H]2C. The van der Waals surface area contributed by atoms with E-state index in [-0.39, 0.29) is 17.7 Å². The molecular formula is C20H28NO5P. The molecule has 1 fully saturated rings. The third-order valence-electron chi connectivity index (χ3n) is 7.05. The number of hydrogen-bond donors (Lipinski definition) is 2. The normalized spacial score (nSPS) is 33.1. The first-order valence-electron chi connectivity index (χ1n) is 9.47. The standard InChI is InChI=1S/C20H28NO5P/c1-5-13(11-27(22,23)24)19-20-8-9-21(3)15(12(20)2)10-14-6-7-16(25-4)18(26-19)17(14)20/h5-7,12-13,15,19H,1,8-11H2,2-4H3,(H2,22,23,24)/t12-,13+,15+,19-,20-/m0/s1. The highest BCUT2D eigenvalue weighted by Crippen LogP contribution is 2.62. The monoisotopic (exact) mass is 393 g/mol. The summed E-state index contributed by atoms with van der Waals surface area (Å²) in [5.74, 6) is 1.33. The van der Waals surface area contributed by atoms with Crippen LogP contribution in [0, 0.1) is 11.8 Å². The van der Waals surface area contributed by atoms with E-state index in [1.165, 1.54) is 11.1 Å². The van der Waals surface area contributed by atoms with E-state index in [0.29, 0.717) is 17.7 Å². The van der Waals surface area contributed by atoms with Crippen molar-refractivity contribution in [3.05, 3.63) is 35.9 Å². The lowest BCUT2D eigenvalue weighted by Gasteiger charge is -2.55. The van der Waals surface area contributed by atoms with Crippen molar-refractivity contribution in [2.45, 2.75) is 37.3 Å². The molecule has 27 heavy (non-hydrogen) atoms. The van der Waals surface area contributed by atoms with E-state index in [4.69, 9.17) is 9.47 Å². The predicted molar refractivity (Wildman–Crippen MR) is 104 cm³/mol. The Labute approximate surface area is 160 Å². The van der Waals surface area contributed by atoms with Crippen LogP contribution in [-0.4, -0.2) is 53.7 Å². The minimum atomic E-state index is -4.20. The van der Waals surface area contributed by atoms with Crippen LogP contribution in [0.25, 0.3) is 0 Å². The quantitative estimate of drug-likeness (QED) is 0.591. The Bertz CT molecular complexity index is 821. The topological polar surface area (TPSA) is 79.2 Å². The molecule has 6 nitrogen and oxygen atoms in total. The second-order valence-corrected chi connectivity index (χ2v) is 9.94. The van der Waals surface area contributed by atoms with E-state index in [1.54, 1.807) is 13.2 Å². The van der Waals surface area contributed by atoms with Gasteiger partial charge in [0.15, 0.2) is 11.5 Å².